The van der Waals surface area contributed by atoms with E-state index in [1.165, 1.54) is 97.1 Å². The van der Waals surface area contributed by atoms with Gasteiger partial charge in [-0.15, -0.1) is 0 Å². The normalized spacial score (nSPS) is 7.37. The van der Waals surface area contributed by atoms with Crippen molar-refractivity contribution in [3.8, 4) is 0 Å². The van der Waals surface area contributed by atoms with Gasteiger partial charge < -0.3 is 128 Å². The molecule has 0 atom stereocenters. The zero-order chi connectivity index (χ0) is 73.2. The van der Waals surface area contributed by atoms with Crippen molar-refractivity contribution in [2.45, 2.75) is 201 Å². The molecular weight excluding hydrogens is 1160 g/mol. The standard InChI is InChI=1S/2C8H10.C7H13NO.4C5H12.C4H11N.C3H8O.4CH5N.11CH2O.6H3N.2H2/c2*1-2-8-6-4-3-5-7-8;1-7(9)8-5-3-2-4-6-8;4*1-4-5(2)3;1-2-3-4-5;1-3(2)4;15*1-2;;;;;;;;/h2*3-7H,2H2,1H3;2-6H2,1H3;4*5H,4H2,1-3H3;2-5H2,1H3;3-4H,1-2H3;4*2H2,1H3;11*1H2;6*1H3;2*1H. The molecule has 1 saturated heterocycles. The van der Waals surface area contributed by atoms with Crippen LogP contribution in [0.25, 0.3) is 0 Å². The van der Waals surface area contributed by atoms with Gasteiger partial charge >= 0.3 is 0 Å². The fourth-order valence-electron chi connectivity index (χ4n) is 2.84. The van der Waals surface area contributed by atoms with Crippen LogP contribution in [-0.4, -0.2) is 145 Å². The van der Waals surface area contributed by atoms with Gasteiger partial charge in [-0.3, -0.25) is 4.79 Å². The van der Waals surface area contributed by atoms with E-state index in [1.807, 2.05) is 91.7 Å². The molecule has 0 unspecified atom stereocenters. The van der Waals surface area contributed by atoms with Crippen LogP contribution in [0.5, 0.6) is 0 Å². The lowest BCUT2D eigenvalue weighted by Crippen LogP contribution is -2.33. The smallest absolute Gasteiger partial charge is 0.219 e. The van der Waals surface area contributed by atoms with E-state index in [1.54, 1.807) is 20.8 Å². The van der Waals surface area contributed by atoms with Gasteiger partial charge in [0.2, 0.25) is 5.91 Å². The van der Waals surface area contributed by atoms with Crippen molar-refractivity contribution >= 4 is 80.6 Å². The molecule has 1 heterocycles. The van der Waals surface area contributed by atoms with Gasteiger partial charge in [0.25, 0.3) is 0 Å². The number of carbonyl (C=O) groups is 12. The first kappa shape index (κ1) is 178. The summed E-state index contributed by atoms with van der Waals surface area (Å²) in [6, 6.07) is 20.9. The van der Waals surface area contributed by atoms with Crippen LogP contribution >= 0.6 is 0 Å². The predicted octanol–water partition coefficient (Wildman–Crippen LogP) is 12.6. The Morgan fingerprint density at radius 1 is 0.400 bits per heavy atom. The first-order valence-electron chi connectivity index (χ1n) is 27.6. The summed E-state index contributed by atoms with van der Waals surface area (Å²) in [7, 11) is 6.00. The Labute approximate surface area is 559 Å². The zero-order valence-electron chi connectivity index (χ0n) is 62.8. The van der Waals surface area contributed by atoms with Gasteiger partial charge in [-0.25, -0.2) is 0 Å². The Morgan fingerprint density at radius 3 is 0.622 bits per heavy atom. The van der Waals surface area contributed by atoms with Gasteiger partial charge in [-0.05, 0) is 122 Å². The maximum atomic E-state index is 10.7. The Kier molecular flexibility index (Phi) is 546. The van der Waals surface area contributed by atoms with Crippen LogP contribution in [0, 0.1) is 23.7 Å². The number of nitrogens with two attached hydrogens (primary N) is 5. The number of piperidine rings is 1. The van der Waals surface area contributed by atoms with Crippen molar-refractivity contribution in [3.63, 3.8) is 0 Å². The molecule has 562 valence electrons. The summed E-state index contributed by atoms with van der Waals surface area (Å²) in [5.74, 6) is 3.77. The van der Waals surface area contributed by atoms with Gasteiger partial charge in [0.05, 0.1) is 0 Å². The van der Waals surface area contributed by atoms with E-state index in [4.69, 9.17) is 63.6 Å². The van der Waals surface area contributed by atoms with Crippen LogP contribution in [0.1, 0.15) is 196 Å². The third-order valence-corrected chi connectivity index (χ3v) is 8.13. The molecule has 0 aliphatic carbocycles. The molecule has 1 amide bonds. The number of amides is 1. The third-order valence-electron chi connectivity index (χ3n) is 8.13. The lowest BCUT2D eigenvalue weighted by atomic mass is 10.1. The van der Waals surface area contributed by atoms with Crippen molar-refractivity contribution in [1.82, 2.24) is 41.8 Å². The van der Waals surface area contributed by atoms with E-state index in [0.29, 0.717) is 0 Å². The van der Waals surface area contributed by atoms with Crippen LogP contribution in [0.4, 0.5) is 0 Å². The number of aliphatic hydroxyl groups excluding tert-OH is 1. The minimum Gasteiger partial charge on any atom is -0.394 e. The molecule has 0 aromatic heterocycles. The maximum absolute atomic E-state index is 10.7. The molecule has 2 aromatic carbocycles. The molecule has 29 N–H and O–H groups in total. The third kappa shape index (κ3) is 417. The van der Waals surface area contributed by atoms with E-state index in [2.05, 4.69) is 175 Å². The lowest BCUT2D eigenvalue weighted by molar-refractivity contribution is -0.129. The van der Waals surface area contributed by atoms with Gasteiger partial charge in [-0.1, -0.05) is 197 Å². The summed E-state index contributed by atoms with van der Waals surface area (Å²) < 4.78 is 0. The monoisotopic (exact) mass is 1320 g/mol. The van der Waals surface area contributed by atoms with Gasteiger partial charge in [0, 0.05) is 29.0 Å². The number of aliphatic hydroxyl groups is 1. The molecule has 1 aliphatic rings. The van der Waals surface area contributed by atoms with Crippen LogP contribution < -0.4 is 65.6 Å². The largest absolute Gasteiger partial charge is 0.394 e. The molecule has 0 radical (unpaired) electrons. The van der Waals surface area contributed by atoms with Crippen molar-refractivity contribution in [2.75, 3.05) is 47.8 Å². The van der Waals surface area contributed by atoms with Crippen LogP contribution in [0.15, 0.2) is 60.7 Å². The highest BCUT2D eigenvalue weighted by molar-refractivity contribution is 5.73. The van der Waals surface area contributed by atoms with E-state index in [9.17, 15) is 4.79 Å². The Morgan fingerprint density at radius 2 is 0.556 bits per heavy atom. The summed E-state index contributed by atoms with van der Waals surface area (Å²) in [5.41, 5.74) is 26.0. The molecule has 0 spiro atoms. The molecule has 0 bridgehead atoms. The number of rotatable bonds is 8. The van der Waals surface area contributed by atoms with Crippen molar-refractivity contribution in [2.24, 2.45) is 52.3 Å². The number of hydrogen-bond acceptors (Lipinski definition) is 24. The Hall–Kier alpha value is -6.20. The second-order valence-corrected chi connectivity index (χ2v) is 15.7. The second kappa shape index (κ2) is 276. The first-order valence-corrected chi connectivity index (χ1v) is 27.6. The van der Waals surface area contributed by atoms with Gasteiger partial charge in [-0.2, -0.15) is 0 Å². The number of hydrogen-bond donors (Lipinski definition) is 12. The summed E-state index contributed by atoms with van der Waals surface area (Å²) in [5, 5.41) is 8.06. The van der Waals surface area contributed by atoms with Crippen molar-refractivity contribution in [3.05, 3.63) is 71.8 Å². The number of likely N-dealkylation sites (tertiary alicyclic amines) is 1. The highest BCUT2D eigenvalue weighted by atomic mass is 16.3. The SMILES string of the molecule is C=O.C=O.C=O.C=O.C=O.C=O.C=O.C=O.C=O.C=O.C=O.CC(=O)N1CCCCC1.CC(C)O.CCC(C)C.CCC(C)C.CCC(C)C.CCC(C)C.CCCCN.CCc1ccccc1.CCc1ccccc1.CN.CN.CN.CN.N.N.N.N.N.N.[HH].[HH]. The van der Waals surface area contributed by atoms with E-state index < -0.39 is 0 Å². The number of aryl methyl sites for hydroxylation is 2. The molecule has 1 aliphatic heterocycles. The molecule has 1 fully saturated rings. The second-order valence-electron chi connectivity index (χ2n) is 15.7. The Bertz CT molecular complexity index is 1040. The molecule has 90 heavy (non-hydrogen) atoms. The maximum Gasteiger partial charge on any atom is 0.219 e. The molecule has 25 nitrogen and oxygen atoms in total. The van der Waals surface area contributed by atoms with Gasteiger partial charge in [0.1, 0.15) is 74.7 Å². The number of carbonyl (C=O) groups excluding carboxylic acids is 12. The minimum absolute atomic E-state index is 0. The van der Waals surface area contributed by atoms with Crippen LogP contribution in [0.3, 0.4) is 0 Å². The van der Waals surface area contributed by atoms with Gasteiger partial charge in [0.15, 0.2) is 0 Å². The number of benzene rings is 2. The highest BCUT2D eigenvalue weighted by Crippen LogP contribution is 2.07. The quantitative estimate of drug-likeness (QED) is 0.117. The predicted molar refractivity (Wildman–Crippen MR) is 403 cm³/mol. The molecular formula is C65H164N12O13. The van der Waals surface area contributed by atoms with Crippen LogP contribution in [-0.2, 0) is 70.4 Å². The van der Waals surface area contributed by atoms with E-state index in [0.717, 1.165) is 56.1 Å². The summed E-state index contributed by atoms with van der Waals surface area (Å²) in [6.45, 7) is 62.9. The van der Waals surface area contributed by atoms with E-state index in [-0.39, 0.29) is 51.8 Å². The van der Waals surface area contributed by atoms with Crippen LogP contribution in [0.2, 0.25) is 0 Å². The van der Waals surface area contributed by atoms with Crippen molar-refractivity contribution in [1.29, 1.82) is 0 Å². The lowest BCUT2D eigenvalue weighted by Gasteiger charge is -2.24. The molecule has 0 saturated carbocycles. The number of unbranched alkanes of at least 4 members (excludes halogenated alkanes) is 1. The topological polar surface area (TPSA) is 568 Å². The number of nitrogens with zero attached hydrogens (tertiary/aromatic N) is 1. The molecule has 3 rings (SSSR count). The fourth-order valence-corrected chi connectivity index (χ4v) is 2.84. The fraction of sp³-hybridized carbons (Fsp3) is 0.631. The zero-order valence-corrected chi connectivity index (χ0v) is 62.8. The van der Waals surface area contributed by atoms with Crippen molar-refractivity contribution < 1.29 is 65.5 Å². The Balaban J connectivity index is -0.0000000170. The highest BCUT2D eigenvalue weighted by Gasteiger charge is 2.11. The average molecular weight is 1320 g/mol. The first-order chi connectivity index (χ1) is 40.4. The summed E-state index contributed by atoms with van der Waals surface area (Å²) >= 11 is 0. The minimum atomic E-state index is -0.167. The molecule has 25 heteroatoms. The van der Waals surface area contributed by atoms with E-state index >= 15 is 0 Å². The molecule has 2 aromatic rings. The summed E-state index contributed by atoms with van der Waals surface area (Å²) in [6.07, 6.45) is 13.4. The average Bonchev–Trinajstić information content (AvgIpc) is 3.59. The summed E-state index contributed by atoms with van der Waals surface area (Å²) in [4.78, 5) is 101.